The van der Waals surface area contributed by atoms with Gasteiger partial charge in [-0.1, -0.05) is 24.6 Å². The molecule has 116 valence electrons. The molecule has 0 saturated heterocycles. The fraction of sp³-hybridized carbons (Fsp3) is 0.353. The first-order valence-electron chi connectivity index (χ1n) is 7.44. The zero-order valence-corrected chi connectivity index (χ0v) is 12.6. The summed E-state index contributed by atoms with van der Waals surface area (Å²) in [4.78, 5) is 27.1. The van der Waals surface area contributed by atoms with Crippen molar-refractivity contribution in [2.45, 2.75) is 32.6 Å². The van der Waals surface area contributed by atoms with Crippen LogP contribution in [-0.2, 0) is 4.79 Å². The standard InChI is InChI=1S/C17H20N2O3/c1-12-9-10-13-6-5-7-14(16(13)19-12)17(22)18-11-4-2-3-8-15(20)21/h5-7,9-10H,2-4,8,11H2,1H3,(H,18,22)(H,20,21). The predicted molar refractivity (Wildman–Crippen MR) is 84.9 cm³/mol. The van der Waals surface area contributed by atoms with Crippen molar-refractivity contribution in [3.8, 4) is 0 Å². The Morgan fingerprint density at radius 1 is 1.14 bits per heavy atom. The van der Waals surface area contributed by atoms with Crippen LogP contribution in [0, 0.1) is 6.92 Å². The van der Waals surface area contributed by atoms with Gasteiger partial charge in [-0.05, 0) is 31.9 Å². The van der Waals surface area contributed by atoms with Crippen LogP contribution in [-0.4, -0.2) is 28.5 Å². The molecule has 2 aromatic rings. The molecule has 0 aliphatic carbocycles. The van der Waals surface area contributed by atoms with Gasteiger partial charge in [0, 0.05) is 24.0 Å². The third-order valence-electron chi connectivity index (χ3n) is 3.46. The van der Waals surface area contributed by atoms with Gasteiger partial charge in [-0.3, -0.25) is 14.6 Å². The van der Waals surface area contributed by atoms with Crippen LogP contribution in [0.25, 0.3) is 10.9 Å². The van der Waals surface area contributed by atoms with E-state index < -0.39 is 5.97 Å². The third-order valence-corrected chi connectivity index (χ3v) is 3.46. The van der Waals surface area contributed by atoms with E-state index in [0.29, 0.717) is 24.0 Å². The lowest BCUT2D eigenvalue weighted by atomic mass is 10.1. The average molecular weight is 300 g/mol. The van der Waals surface area contributed by atoms with Gasteiger partial charge in [0.2, 0.25) is 0 Å². The number of pyridine rings is 1. The molecule has 0 fully saturated rings. The van der Waals surface area contributed by atoms with Gasteiger partial charge in [-0.2, -0.15) is 0 Å². The van der Waals surface area contributed by atoms with Crippen molar-refractivity contribution in [3.05, 3.63) is 41.6 Å². The van der Waals surface area contributed by atoms with E-state index in [1.165, 1.54) is 0 Å². The number of para-hydroxylation sites is 1. The van der Waals surface area contributed by atoms with E-state index in [2.05, 4.69) is 10.3 Å². The second-order valence-electron chi connectivity index (χ2n) is 5.29. The number of aryl methyl sites for hydroxylation is 1. The summed E-state index contributed by atoms with van der Waals surface area (Å²) in [5, 5.41) is 12.4. The summed E-state index contributed by atoms with van der Waals surface area (Å²) < 4.78 is 0. The van der Waals surface area contributed by atoms with Crippen molar-refractivity contribution >= 4 is 22.8 Å². The number of carboxylic acids is 1. The molecule has 0 unspecified atom stereocenters. The van der Waals surface area contributed by atoms with Crippen LogP contribution in [0.15, 0.2) is 30.3 Å². The minimum absolute atomic E-state index is 0.137. The van der Waals surface area contributed by atoms with Crippen molar-refractivity contribution in [2.24, 2.45) is 0 Å². The van der Waals surface area contributed by atoms with E-state index in [4.69, 9.17) is 5.11 Å². The molecule has 0 bridgehead atoms. The quantitative estimate of drug-likeness (QED) is 0.771. The molecule has 1 aromatic heterocycles. The van der Waals surface area contributed by atoms with Crippen LogP contribution in [0.1, 0.15) is 41.7 Å². The first-order chi connectivity index (χ1) is 10.6. The smallest absolute Gasteiger partial charge is 0.303 e. The average Bonchev–Trinajstić information content (AvgIpc) is 2.49. The van der Waals surface area contributed by atoms with Gasteiger partial charge in [-0.25, -0.2) is 0 Å². The van der Waals surface area contributed by atoms with E-state index in [9.17, 15) is 9.59 Å². The summed E-state index contributed by atoms with van der Waals surface area (Å²) in [5.41, 5.74) is 2.17. The molecule has 0 saturated carbocycles. The van der Waals surface area contributed by atoms with Crippen LogP contribution in [0.5, 0.6) is 0 Å². The number of unbranched alkanes of at least 4 members (excludes halogenated alkanes) is 2. The van der Waals surface area contributed by atoms with Gasteiger partial charge in [0.25, 0.3) is 5.91 Å². The summed E-state index contributed by atoms with van der Waals surface area (Å²) >= 11 is 0. The van der Waals surface area contributed by atoms with Crippen LogP contribution >= 0.6 is 0 Å². The number of nitrogens with zero attached hydrogens (tertiary/aromatic N) is 1. The lowest BCUT2D eigenvalue weighted by molar-refractivity contribution is -0.137. The van der Waals surface area contributed by atoms with Gasteiger partial charge >= 0.3 is 5.97 Å². The van der Waals surface area contributed by atoms with E-state index in [1.807, 2.05) is 31.2 Å². The molecule has 1 amide bonds. The molecule has 1 heterocycles. The Kier molecular flexibility index (Phi) is 5.47. The Morgan fingerprint density at radius 2 is 1.95 bits per heavy atom. The Bertz CT molecular complexity index is 683. The first-order valence-corrected chi connectivity index (χ1v) is 7.44. The number of hydrogen-bond donors (Lipinski definition) is 2. The van der Waals surface area contributed by atoms with Crippen LogP contribution in [0.2, 0.25) is 0 Å². The summed E-state index contributed by atoms with van der Waals surface area (Å²) in [6.45, 7) is 2.44. The minimum Gasteiger partial charge on any atom is -0.481 e. The molecule has 5 nitrogen and oxygen atoms in total. The maximum absolute atomic E-state index is 12.3. The third kappa shape index (κ3) is 4.28. The van der Waals surface area contributed by atoms with E-state index >= 15 is 0 Å². The van der Waals surface area contributed by atoms with Gasteiger partial charge in [0.1, 0.15) is 0 Å². The highest BCUT2D eigenvalue weighted by molar-refractivity contribution is 6.05. The zero-order valence-electron chi connectivity index (χ0n) is 12.6. The topological polar surface area (TPSA) is 79.3 Å². The largest absolute Gasteiger partial charge is 0.481 e. The predicted octanol–water partition coefficient (Wildman–Crippen LogP) is 2.92. The molecular formula is C17H20N2O3. The van der Waals surface area contributed by atoms with Gasteiger partial charge < -0.3 is 10.4 Å². The summed E-state index contributed by atoms with van der Waals surface area (Å²) in [7, 11) is 0. The number of carboxylic acid groups (broad SMARTS) is 1. The number of rotatable bonds is 7. The Labute approximate surface area is 129 Å². The number of amides is 1. The number of aromatic nitrogens is 1. The van der Waals surface area contributed by atoms with Crippen LogP contribution in [0.3, 0.4) is 0 Å². The highest BCUT2D eigenvalue weighted by atomic mass is 16.4. The molecular weight excluding hydrogens is 280 g/mol. The van der Waals surface area contributed by atoms with E-state index in [1.54, 1.807) is 6.07 Å². The molecule has 0 aliphatic rings. The molecule has 0 atom stereocenters. The molecule has 0 radical (unpaired) electrons. The number of carbonyl (C=O) groups excluding carboxylic acids is 1. The Hall–Kier alpha value is -2.43. The zero-order chi connectivity index (χ0) is 15.9. The molecule has 0 spiro atoms. The number of nitrogens with one attached hydrogen (secondary N) is 1. The summed E-state index contributed by atoms with van der Waals surface area (Å²) in [5.74, 6) is -0.914. The van der Waals surface area contributed by atoms with Crippen LogP contribution < -0.4 is 5.32 Å². The second-order valence-corrected chi connectivity index (χ2v) is 5.29. The molecule has 22 heavy (non-hydrogen) atoms. The molecule has 2 N–H and O–H groups in total. The molecule has 1 aromatic carbocycles. The lowest BCUT2D eigenvalue weighted by Gasteiger charge is -2.08. The van der Waals surface area contributed by atoms with Crippen molar-refractivity contribution in [1.82, 2.24) is 10.3 Å². The first kappa shape index (κ1) is 15.9. The van der Waals surface area contributed by atoms with Crippen molar-refractivity contribution in [2.75, 3.05) is 6.54 Å². The monoisotopic (exact) mass is 300 g/mol. The number of fused-ring (bicyclic) bond motifs is 1. The van der Waals surface area contributed by atoms with Gasteiger partial charge in [-0.15, -0.1) is 0 Å². The maximum Gasteiger partial charge on any atom is 0.303 e. The van der Waals surface area contributed by atoms with E-state index in [-0.39, 0.29) is 12.3 Å². The summed E-state index contributed by atoms with van der Waals surface area (Å²) in [6.07, 6.45) is 2.39. The lowest BCUT2D eigenvalue weighted by Crippen LogP contribution is -2.24. The number of carbonyl (C=O) groups is 2. The number of benzene rings is 1. The molecule has 5 heteroatoms. The fourth-order valence-electron chi connectivity index (χ4n) is 2.30. The normalized spacial score (nSPS) is 10.6. The number of aliphatic carboxylic acids is 1. The molecule has 2 rings (SSSR count). The SMILES string of the molecule is Cc1ccc2cccc(C(=O)NCCCCCC(=O)O)c2n1. The Balaban J connectivity index is 1.93. The highest BCUT2D eigenvalue weighted by Gasteiger charge is 2.10. The van der Waals surface area contributed by atoms with E-state index in [0.717, 1.165) is 23.9 Å². The van der Waals surface area contributed by atoms with Crippen molar-refractivity contribution < 1.29 is 14.7 Å². The second kappa shape index (κ2) is 7.54. The van der Waals surface area contributed by atoms with Crippen LogP contribution in [0.4, 0.5) is 0 Å². The van der Waals surface area contributed by atoms with Crippen molar-refractivity contribution in [1.29, 1.82) is 0 Å². The number of hydrogen-bond acceptors (Lipinski definition) is 3. The fourth-order valence-corrected chi connectivity index (χ4v) is 2.30. The van der Waals surface area contributed by atoms with Gasteiger partial charge in [0.05, 0.1) is 11.1 Å². The maximum atomic E-state index is 12.3. The minimum atomic E-state index is -0.777. The Morgan fingerprint density at radius 3 is 2.73 bits per heavy atom. The van der Waals surface area contributed by atoms with Gasteiger partial charge in [0.15, 0.2) is 0 Å². The summed E-state index contributed by atoms with van der Waals surface area (Å²) in [6, 6.07) is 9.44. The van der Waals surface area contributed by atoms with Crippen molar-refractivity contribution in [3.63, 3.8) is 0 Å². The highest BCUT2D eigenvalue weighted by Crippen LogP contribution is 2.17. The molecule has 0 aliphatic heterocycles.